The number of amides is 2. The molecule has 0 saturated carbocycles. The highest BCUT2D eigenvalue weighted by Crippen LogP contribution is 2.29. The van der Waals surface area contributed by atoms with Gasteiger partial charge in [-0.15, -0.1) is 0 Å². The van der Waals surface area contributed by atoms with E-state index in [0.717, 1.165) is 12.1 Å². The number of carboxylic acids is 1. The molecule has 0 bridgehead atoms. The highest BCUT2D eigenvalue weighted by atomic mass is 16.6. The van der Waals surface area contributed by atoms with Gasteiger partial charge in [0.1, 0.15) is 4.92 Å². The number of carbonyl (C=O) groups is 4. The van der Waals surface area contributed by atoms with Crippen molar-refractivity contribution in [2.24, 2.45) is 5.92 Å². The summed E-state index contributed by atoms with van der Waals surface area (Å²) in [5, 5.41) is 25.3. The molecule has 12 heteroatoms. The largest absolute Gasteiger partial charge is 0.478 e. The number of furan rings is 1. The first-order valence-electron chi connectivity index (χ1n) is 10.5. The monoisotopic (exact) mass is 465 g/mol. The Kier molecular flexibility index (Phi) is 8.85. The third-order valence-electron chi connectivity index (χ3n) is 5.30. The molecule has 1 aliphatic rings. The molecule has 33 heavy (non-hydrogen) atoms. The van der Waals surface area contributed by atoms with E-state index in [1.807, 2.05) is 13.8 Å². The van der Waals surface area contributed by atoms with Crippen molar-refractivity contribution in [2.75, 3.05) is 6.54 Å². The lowest BCUT2D eigenvalue weighted by Crippen LogP contribution is -2.55. The Balaban J connectivity index is 2.21. The van der Waals surface area contributed by atoms with Crippen molar-refractivity contribution in [3.05, 3.63) is 39.7 Å². The number of Topliss-reactive ketones (excluding diaryl/α,β-unsaturated/α-hetero) is 1. The molecule has 12 nitrogen and oxygen atoms in total. The smallest absolute Gasteiger partial charge is 0.433 e. The van der Waals surface area contributed by atoms with Crippen LogP contribution in [0.3, 0.4) is 0 Å². The van der Waals surface area contributed by atoms with Crippen molar-refractivity contribution in [3.8, 4) is 0 Å². The molecule has 2 rings (SSSR count). The van der Waals surface area contributed by atoms with Crippen LogP contribution < -0.4 is 10.6 Å². The summed E-state index contributed by atoms with van der Waals surface area (Å²) in [6, 6.07) is 1.29. The number of nitrogens with one attached hydrogen (secondary N) is 2. The lowest BCUT2D eigenvalue weighted by atomic mass is 9.81. The normalized spacial score (nSPS) is 20.1. The van der Waals surface area contributed by atoms with Crippen molar-refractivity contribution in [1.82, 2.24) is 10.6 Å². The molecule has 1 aliphatic carbocycles. The maximum atomic E-state index is 12.9. The number of rotatable bonds is 11. The van der Waals surface area contributed by atoms with Gasteiger partial charge >= 0.3 is 11.9 Å². The van der Waals surface area contributed by atoms with Crippen LogP contribution in [0.1, 0.15) is 50.6 Å². The van der Waals surface area contributed by atoms with E-state index >= 15 is 0 Å². The third-order valence-corrected chi connectivity index (χ3v) is 5.30. The van der Waals surface area contributed by atoms with E-state index in [1.54, 1.807) is 0 Å². The molecule has 0 spiro atoms. The van der Waals surface area contributed by atoms with Crippen molar-refractivity contribution < 1.29 is 38.4 Å². The number of nitro groups is 1. The summed E-state index contributed by atoms with van der Waals surface area (Å²) in [7, 11) is 0. The van der Waals surface area contributed by atoms with Crippen LogP contribution in [-0.4, -0.2) is 58.4 Å². The van der Waals surface area contributed by atoms with E-state index in [2.05, 4.69) is 10.6 Å². The first-order valence-corrected chi connectivity index (χ1v) is 10.5. The first kappa shape index (κ1) is 25.7. The summed E-state index contributed by atoms with van der Waals surface area (Å²) in [6.45, 7) is 4.55. The van der Waals surface area contributed by atoms with E-state index < -0.39 is 59.0 Å². The summed E-state index contributed by atoms with van der Waals surface area (Å²) < 4.78 is 10.8. The van der Waals surface area contributed by atoms with Crippen LogP contribution in [0.5, 0.6) is 0 Å². The fourth-order valence-corrected chi connectivity index (χ4v) is 3.58. The molecule has 0 fully saturated rings. The van der Waals surface area contributed by atoms with E-state index in [-0.39, 0.29) is 23.9 Å². The molecule has 1 heterocycles. The number of carbonyl (C=O) groups excluding carboxylic acids is 3. The van der Waals surface area contributed by atoms with E-state index in [9.17, 15) is 34.4 Å². The van der Waals surface area contributed by atoms with Crippen LogP contribution >= 0.6 is 0 Å². The molecular formula is C21H27N3O9. The lowest BCUT2D eigenvalue weighted by Gasteiger charge is -2.37. The number of hydrogen-bond donors (Lipinski definition) is 3. The molecule has 180 valence electrons. The lowest BCUT2D eigenvalue weighted by molar-refractivity contribution is -0.402. The zero-order valence-electron chi connectivity index (χ0n) is 18.5. The standard InChI is InChI=1S/C21H27N3O9/c1-4-13(5-2)32-17-9-12(21(28)29)8-14(19(17)23-11(3)25)20(27)22-10-15(26)16-6-7-18(33-16)24(30)31/h6-7,9,13-14,17,19H,4-5,8,10H2,1-3H3,(H,22,27)(H,23,25)(H,28,29)/t14-,17+,19+/m0/s1. The minimum Gasteiger partial charge on any atom is -0.478 e. The van der Waals surface area contributed by atoms with Gasteiger partial charge in [0, 0.05) is 12.5 Å². The Morgan fingerprint density at radius 3 is 2.45 bits per heavy atom. The molecule has 1 aromatic rings. The minimum absolute atomic E-state index is 0.0410. The molecule has 1 aromatic heterocycles. The van der Waals surface area contributed by atoms with E-state index in [1.165, 1.54) is 13.0 Å². The summed E-state index contributed by atoms with van der Waals surface area (Å²) in [5.41, 5.74) is -0.0410. The molecule has 0 saturated heterocycles. The Morgan fingerprint density at radius 1 is 1.27 bits per heavy atom. The molecule has 0 unspecified atom stereocenters. The van der Waals surface area contributed by atoms with Crippen LogP contribution in [0, 0.1) is 16.0 Å². The Hall–Kier alpha value is -3.54. The topological polar surface area (TPSA) is 178 Å². The number of ether oxygens (including phenoxy) is 1. The Labute approximate surface area is 189 Å². The van der Waals surface area contributed by atoms with Gasteiger partial charge in [-0.1, -0.05) is 13.8 Å². The van der Waals surface area contributed by atoms with E-state index in [4.69, 9.17) is 9.15 Å². The molecule has 3 N–H and O–H groups in total. The third kappa shape index (κ3) is 6.72. The van der Waals surface area contributed by atoms with Crippen LogP contribution in [0.4, 0.5) is 5.88 Å². The minimum atomic E-state index is -1.22. The first-order chi connectivity index (χ1) is 15.6. The highest BCUT2D eigenvalue weighted by molar-refractivity contribution is 5.98. The van der Waals surface area contributed by atoms with Crippen molar-refractivity contribution in [2.45, 2.75) is 58.3 Å². The summed E-state index contributed by atoms with van der Waals surface area (Å²) in [5.74, 6) is -4.96. The Morgan fingerprint density at radius 2 is 1.94 bits per heavy atom. The molecule has 0 aromatic carbocycles. The van der Waals surface area contributed by atoms with Gasteiger partial charge < -0.3 is 24.9 Å². The van der Waals surface area contributed by atoms with Crippen molar-refractivity contribution in [3.63, 3.8) is 0 Å². The molecule has 2 amide bonds. The highest BCUT2D eigenvalue weighted by Gasteiger charge is 2.41. The number of hydrogen-bond acceptors (Lipinski definition) is 8. The second-order valence-corrected chi connectivity index (χ2v) is 7.61. The second kappa shape index (κ2) is 11.4. The zero-order chi connectivity index (χ0) is 24.7. The van der Waals surface area contributed by atoms with Crippen LogP contribution in [-0.2, 0) is 19.1 Å². The van der Waals surface area contributed by atoms with E-state index in [0.29, 0.717) is 12.8 Å². The quantitative estimate of drug-likeness (QED) is 0.249. The second-order valence-electron chi connectivity index (χ2n) is 7.61. The Bertz CT molecular complexity index is 949. The van der Waals surface area contributed by atoms with Crippen LogP contribution in [0.2, 0.25) is 0 Å². The van der Waals surface area contributed by atoms with Gasteiger partial charge in [0.2, 0.25) is 17.6 Å². The molecule has 3 atom stereocenters. The predicted molar refractivity (Wildman–Crippen MR) is 113 cm³/mol. The summed E-state index contributed by atoms with van der Waals surface area (Å²) in [4.78, 5) is 58.6. The number of aliphatic carboxylic acids is 1. The fourth-order valence-electron chi connectivity index (χ4n) is 3.58. The fraction of sp³-hybridized carbons (Fsp3) is 0.524. The maximum Gasteiger partial charge on any atom is 0.433 e. The van der Waals surface area contributed by atoms with Gasteiger partial charge in [0.05, 0.1) is 36.8 Å². The molecule has 0 aliphatic heterocycles. The van der Waals surface area contributed by atoms with Crippen LogP contribution in [0.15, 0.2) is 28.2 Å². The maximum absolute atomic E-state index is 12.9. The van der Waals surface area contributed by atoms with Gasteiger partial charge in [0.25, 0.3) is 0 Å². The van der Waals surface area contributed by atoms with Gasteiger partial charge in [-0.2, -0.15) is 0 Å². The number of nitrogens with zero attached hydrogens (tertiary/aromatic N) is 1. The number of carboxylic acid groups (broad SMARTS) is 1. The van der Waals surface area contributed by atoms with Crippen LogP contribution in [0.25, 0.3) is 0 Å². The molecule has 0 radical (unpaired) electrons. The van der Waals surface area contributed by atoms with Gasteiger partial charge in [-0.25, -0.2) is 4.79 Å². The average molecular weight is 465 g/mol. The van der Waals surface area contributed by atoms with Gasteiger partial charge in [0.15, 0.2) is 5.76 Å². The summed E-state index contributed by atoms with van der Waals surface area (Å²) >= 11 is 0. The summed E-state index contributed by atoms with van der Waals surface area (Å²) in [6.07, 6.45) is 1.44. The predicted octanol–water partition coefficient (Wildman–Crippen LogP) is 1.60. The van der Waals surface area contributed by atoms with Gasteiger partial charge in [-0.05, 0) is 31.4 Å². The zero-order valence-corrected chi connectivity index (χ0v) is 18.5. The number of ketones is 1. The van der Waals surface area contributed by atoms with Crippen molar-refractivity contribution in [1.29, 1.82) is 0 Å². The average Bonchev–Trinajstić information content (AvgIpc) is 3.26. The van der Waals surface area contributed by atoms with Crippen molar-refractivity contribution >= 4 is 29.5 Å². The van der Waals surface area contributed by atoms with Gasteiger partial charge in [-0.3, -0.25) is 24.5 Å². The SMILES string of the molecule is CCC(CC)O[C@@H]1C=C(C(=O)O)C[C@H](C(=O)NCC(=O)c2ccc([N+](=O)[O-])o2)[C@H]1NC(C)=O. The molecular weight excluding hydrogens is 438 g/mol.